The van der Waals surface area contributed by atoms with E-state index in [2.05, 4.69) is 20.8 Å². The number of aliphatic hydroxyl groups excluding tert-OH is 1. The van der Waals surface area contributed by atoms with Crippen molar-refractivity contribution >= 4 is 0 Å². The molecule has 0 bridgehead atoms. The molecule has 0 aromatic carbocycles. The molecule has 4 heteroatoms. The Labute approximate surface area is 219 Å². The summed E-state index contributed by atoms with van der Waals surface area (Å²) in [6.45, 7) is 6.92. The second-order valence-corrected chi connectivity index (χ2v) is 12.4. The molecule has 0 saturated heterocycles. The van der Waals surface area contributed by atoms with E-state index < -0.39 is 6.29 Å². The van der Waals surface area contributed by atoms with Gasteiger partial charge >= 0.3 is 0 Å². The molecule has 0 aromatic rings. The lowest BCUT2D eigenvalue weighted by Crippen LogP contribution is -2.37. The number of hydrogen-bond acceptors (Lipinski definition) is 4. The van der Waals surface area contributed by atoms with E-state index in [1.165, 1.54) is 116 Å². The van der Waals surface area contributed by atoms with Gasteiger partial charge in [-0.15, -0.1) is 0 Å². The lowest BCUT2D eigenvalue weighted by Gasteiger charge is -2.37. The van der Waals surface area contributed by atoms with E-state index in [0.29, 0.717) is 18.5 Å². The molecule has 210 valence electrons. The Hall–Kier alpha value is -0.160. The highest BCUT2D eigenvalue weighted by Crippen LogP contribution is 2.38. The van der Waals surface area contributed by atoms with Crippen LogP contribution in [0.1, 0.15) is 156 Å². The smallest absolute Gasteiger partial charge is 0.151 e. The Balaban J connectivity index is 0.000000350. The zero-order chi connectivity index (χ0) is 25.9. The van der Waals surface area contributed by atoms with E-state index in [4.69, 9.17) is 21.7 Å². The van der Waals surface area contributed by atoms with Gasteiger partial charge in [0, 0.05) is 12.1 Å². The Morgan fingerprint density at radius 2 is 0.971 bits per heavy atom. The third kappa shape index (κ3) is 17.1. The lowest BCUT2D eigenvalue weighted by molar-refractivity contribution is -0.0466. The molecule has 2 aliphatic carbocycles. The molecule has 0 aliphatic heterocycles. The fourth-order valence-electron chi connectivity index (χ4n) is 6.31. The quantitative estimate of drug-likeness (QED) is 0.130. The predicted octanol–water partition coefficient (Wildman–Crippen LogP) is 7.68. The molecular weight excluding hydrogens is 432 g/mol. The van der Waals surface area contributed by atoms with Crippen molar-refractivity contribution in [3.05, 3.63) is 0 Å². The molecular formula is C31H64N2O2. The average Bonchev–Trinajstić information content (AvgIpc) is 2.82. The normalized spacial score (nSPS) is 29.1. The first kappa shape index (κ1) is 32.9. The van der Waals surface area contributed by atoms with Gasteiger partial charge in [0.05, 0.1) is 0 Å². The maximum atomic E-state index is 8.69. The molecule has 2 fully saturated rings. The van der Waals surface area contributed by atoms with Crippen LogP contribution in [0, 0.1) is 23.7 Å². The van der Waals surface area contributed by atoms with Crippen molar-refractivity contribution in [1.82, 2.24) is 0 Å². The Kier molecular flexibility index (Phi) is 19.6. The molecule has 2 saturated carbocycles. The summed E-state index contributed by atoms with van der Waals surface area (Å²) < 4.78 is 0. The molecule has 0 radical (unpaired) electrons. The van der Waals surface area contributed by atoms with Gasteiger partial charge in [0.25, 0.3) is 0 Å². The van der Waals surface area contributed by atoms with Crippen LogP contribution >= 0.6 is 0 Å². The van der Waals surface area contributed by atoms with Gasteiger partial charge in [-0.2, -0.15) is 0 Å². The van der Waals surface area contributed by atoms with Crippen LogP contribution < -0.4 is 11.5 Å². The predicted molar refractivity (Wildman–Crippen MR) is 152 cm³/mol. The van der Waals surface area contributed by atoms with Crippen molar-refractivity contribution in [2.45, 2.75) is 174 Å². The number of unbranched alkanes of at least 4 members (excludes halogenated alkanes) is 12. The minimum Gasteiger partial charge on any atom is -0.368 e. The van der Waals surface area contributed by atoms with Crippen molar-refractivity contribution in [3.63, 3.8) is 0 Å². The maximum Gasteiger partial charge on any atom is 0.151 e. The topological polar surface area (TPSA) is 92.5 Å². The van der Waals surface area contributed by atoms with E-state index >= 15 is 0 Å². The zero-order valence-electron chi connectivity index (χ0n) is 23.9. The van der Waals surface area contributed by atoms with Crippen LogP contribution in [0.15, 0.2) is 0 Å². The van der Waals surface area contributed by atoms with Gasteiger partial charge < -0.3 is 21.7 Å². The summed E-state index contributed by atoms with van der Waals surface area (Å²) in [5.74, 6) is 3.35. The Bertz CT molecular complexity index is 449. The number of rotatable bonds is 16. The highest BCUT2D eigenvalue weighted by atomic mass is 16.5. The third-order valence-electron chi connectivity index (χ3n) is 8.92. The molecule has 35 heavy (non-hydrogen) atoms. The van der Waals surface area contributed by atoms with Gasteiger partial charge in [-0.05, 0) is 81.5 Å². The highest BCUT2D eigenvalue weighted by molar-refractivity contribution is 4.85. The Morgan fingerprint density at radius 1 is 0.600 bits per heavy atom. The molecule has 6 atom stereocenters. The van der Waals surface area contributed by atoms with Crippen LogP contribution in [0.5, 0.6) is 0 Å². The summed E-state index contributed by atoms with van der Waals surface area (Å²) >= 11 is 0. The van der Waals surface area contributed by atoms with E-state index in [9.17, 15) is 0 Å². The minimum atomic E-state index is -1.10. The number of nitrogens with two attached hydrogens (primary N) is 2. The second kappa shape index (κ2) is 20.8. The van der Waals surface area contributed by atoms with E-state index in [1.807, 2.05) is 0 Å². The van der Waals surface area contributed by atoms with E-state index in [-0.39, 0.29) is 0 Å². The largest absolute Gasteiger partial charge is 0.368 e. The van der Waals surface area contributed by atoms with Crippen LogP contribution in [-0.2, 0) is 0 Å². The van der Waals surface area contributed by atoms with E-state index in [1.54, 1.807) is 0 Å². The number of aliphatic hydroxyl groups is 2. The minimum absolute atomic E-state index is 0.463. The van der Waals surface area contributed by atoms with Crippen molar-refractivity contribution < 1.29 is 10.2 Å². The van der Waals surface area contributed by atoms with Crippen LogP contribution in [0.3, 0.4) is 0 Å². The first-order valence-corrected chi connectivity index (χ1v) is 15.7. The molecule has 0 amide bonds. The fourth-order valence-corrected chi connectivity index (χ4v) is 6.31. The molecule has 2 rings (SSSR count). The summed E-state index contributed by atoms with van der Waals surface area (Å²) in [5, 5.41) is 17.4. The standard InChI is InChI=1S/C16H34O2.C15H30N2/c1-2-3-4-5-6-7-8-9-10-11-12-13-14-15-16(17)18;1-10-7-12(3-5-14(10)16)9-13-4-6-15(17)11(2)8-13/h16-18H,2-15H2,1H3;10-15H,3-9,16-17H2,1-2H3. The molecule has 0 aromatic heterocycles. The lowest BCUT2D eigenvalue weighted by atomic mass is 9.71. The van der Waals surface area contributed by atoms with Crippen molar-refractivity contribution in [1.29, 1.82) is 0 Å². The monoisotopic (exact) mass is 496 g/mol. The molecule has 6 N–H and O–H groups in total. The summed E-state index contributed by atoms with van der Waals surface area (Å²) in [7, 11) is 0. The molecule has 0 spiro atoms. The second-order valence-electron chi connectivity index (χ2n) is 12.4. The van der Waals surface area contributed by atoms with Gasteiger partial charge in [-0.1, -0.05) is 97.8 Å². The first-order valence-electron chi connectivity index (χ1n) is 15.7. The summed E-state index contributed by atoms with van der Waals surface area (Å²) in [5.41, 5.74) is 12.2. The molecule has 0 heterocycles. The van der Waals surface area contributed by atoms with Crippen LogP contribution in [-0.4, -0.2) is 28.6 Å². The summed E-state index contributed by atoms with van der Waals surface area (Å²) in [4.78, 5) is 0. The van der Waals surface area contributed by atoms with Crippen LogP contribution in [0.2, 0.25) is 0 Å². The summed E-state index contributed by atoms with van der Waals surface area (Å²) in [6, 6.07) is 0.926. The number of hydrogen-bond donors (Lipinski definition) is 4. The van der Waals surface area contributed by atoms with Crippen LogP contribution in [0.25, 0.3) is 0 Å². The van der Waals surface area contributed by atoms with Gasteiger partial charge in [0.1, 0.15) is 0 Å². The summed E-state index contributed by atoms with van der Waals surface area (Å²) in [6.07, 6.45) is 26.1. The maximum absolute atomic E-state index is 8.69. The fraction of sp³-hybridized carbons (Fsp3) is 1.00. The SMILES string of the molecule is CC1CC(CC2CCC(N)C(C)C2)CCC1N.CCCCCCCCCCCCCCCC(O)O. The van der Waals surface area contributed by atoms with Gasteiger partial charge in [0.2, 0.25) is 0 Å². The van der Waals surface area contributed by atoms with Crippen molar-refractivity contribution in [3.8, 4) is 0 Å². The van der Waals surface area contributed by atoms with Crippen LogP contribution in [0.4, 0.5) is 0 Å². The van der Waals surface area contributed by atoms with E-state index in [0.717, 1.165) is 36.5 Å². The molecule has 6 unspecified atom stereocenters. The van der Waals surface area contributed by atoms with Gasteiger partial charge in [0.15, 0.2) is 6.29 Å². The highest BCUT2D eigenvalue weighted by Gasteiger charge is 2.30. The Morgan fingerprint density at radius 3 is 1.31 bits per heavy atom. The van der Waals surface area contributed by atoms with Gasteiger partial charge in [-0.25, -0.2) is 0 Å². The van der Waals surface area contributed by atoms with Crippen molar-refractivity contribution in [2.24, 2.45) is 35.1 Å². The molecule has 4 nitrogen and oxygen atoms in total. The first-order chi connectivity index (χ1) is 16.8. The third-order valence-corrected chi connectivity index (χ3v) is 8.92. The average molecular weight is 497 g/mol. The van der Waals surface area contributed by atoms with Gasteiger partial charge in [-0.3, -0.25) is 0 Å². The van der Waals surface area contributed by atoms with Crippen molar-refractivity contribution in [2.75, 3.05) is 0 Å². The molecule has 2 aliphatic rings. The zero-order valence-corrected chi connectivity index (χ0v) is 23.9.